The Morgan fingerprint density at radius 3 is 2.80 bits per heavy atom. The van der Waals surface area contributed by atoms with Gasteiger partial charge >= 0.3 is 0 Å². The lowest BCUT2D eigenvalue weighted by atomic mass is 10.2. The molecule has 0 heterocycles. The number of benzene rings is 1. The average molecular weight is 342 g/mol. The highest BCUT2D eigenvalue weighted by Crippen LogP contribution is 2.36. The van der Waals surface area contributed by atoms with Gasteiger partial charge in [0.05, 0.1) is 11.1 Å². The molecule has 1 aromatic carbocycles. The van der Waals surface area contributed by atoms with Crippen LogP contribution in [0.4, 0.5) is 0 Å². The van der Waals surface area contributed by atoms with Gasteiger partial charge in [-0.05, 0) is 47.8 Å². The van der Waals surface area contributed by atoms with E-state index in [2.05, 4.69) is 21.2 Å². The van der Waals surface area contributed by atoms with Gasteiger partial charge in [-0.2, -0.15) is 0 Å². The molecule has 1 aromatic rings. The topological polar surface area (TPSA) is 64.6 Å². The Bertz CT molecular complexity index is 514. The fourth-order valence-corrected chi connectivity index (χ4v) is 2.27. The summed E-state index contributed by atoms with van der Waals surface area (Å²) in [5.74, 6) is 0.730. The first kappa shape index (κ1) is 14.8. The molecule has 6 heteroatoms. The van der Waals surface area contributed by atoms with E-state index >= 15 is 0 Å². The number of nitrogens with one attached hydrogen (secondary N) is 1. The average Bonchev–Trinajstić information content (AvgIpc) is 3.21. The molecule has 0 aliphatic heterocycles. The molecule has 5 nitrogen and oxygen atoms in total. The summed E-state index contributed by atoms with van der Waals surface area (Å²) in [7, 11) is 0. The van der Waals surface area contributed by atoms with Gasteiger partial charge in [-0.1, -0.05) is 0 Å². The lowest BCUT2D eigenvalue weighted by Gasteiger charge is -2.14. The van der Waals surface area contributed by atoms with Crippen molar-refractivity contribution in [1.82, 2.24) is 5.32 Å². The van der Waals surface area contributed by atoms with Crippen LogP contribution in [0.5, 0.6) is 11.5 Å². The molecule has 0 aromatic heterocycles. The summed E-state index contributed by atoms with van der Waals surface area (Å²) in [6, 6.07) is 3.53. The van der Waals surface area contributed by atoms with E-state index in [4.69, 9.17) is 9.47 Å². The number of amides is 1. The summed E-state index contributed by atoms with van der Waals surface area (Å²) < 4.78 is 11.5. The molecule has 1 aliphatic carbocycles. The quantitative estimate of drug-likeness (QED) is 0.773. The normalized spacial score (nSPS) is 13.7. The third-order valence-electron chi connectivity index (χ3n) is 2.76. The smallest absolute Gasteiger partial charge is 0.258 e. The Hall–Kier alpha value is -1.56. The maximum absolute atomic E-state index is 11.6. The number of hydrogen-bond donors (Lipinski definition) is 1. The summed E-state index contributed by atoms with van der Waals surface area (Å²) in [4.78, 5) is 22.5. The highest BCUT2D eigenvalue weighted by atomic mass is 79.9. The van der Waals surface area contributed by atoms with Crippen LogP contribution in [0.25, 0.3) is 0 Å². The van der Waals surface area contributed by atoms with Crippen molar-refractivity contribution in [3.63, 3.8) is 0 Å². The Morgan fingerprint density at radius 2 is 2.20 bits per heavy atom. The minimum absolute atomic E-state index is 0.0738. The minimum Gasteiger partial charge on any atom is -0.490 e. The molecule has 1 N–H and O–H groups in total. The van der Waals surface area contributed by atoms with Crippen molar-refractivity contribution in [2.75, 3.05) is 13.2 Å². The molecule has 0 unspecified atom stereocenters. The summed E-state index contributed by atoms with van der Waals surface area (Å²) in [5, 5.41) is 2.84. The van der Waals surface area contributed by atoms with Crippen LogP contribution in [0.2, 0.25) is 0 Å². The van der Waals surface area contributed by atoms with Crippen LogP contribution in [0.1, 0.15) is 30.1 Å². The Labute approximate surface area is 125 Å². The first-order valence-electron chi connectivity index (χ1n) is 6.47. The first-order chi connectivity index (χ1) is 9.63. The Morgan fingerprint density at radius 1 is 1.45 bits per heavy atom. The predicted octanol–water partition coefficient (Wildman–Crippen LogP) is 2.32. The van der Waals surface area contributed by atoms with Crippen molar-refractivity contribution in [3.05, 3.63) is 22.2 Å². The largest absolute Gasteiger partial charge is 0.490 e. The van der Waals surface area contributed by atoms with Crippen molar-refractivity contribution in [2.45, 2.75) is 25.8 Å². The van der Waals surface area contributed by atoms with E-state index in [9.17, 15) is 9.59 Å². The molecule has 0 bridgehead atoms. The molecule has 1 aliphatic rings. The summed E-state index contributed by atoms with van der Waals surface area (Å²) in [6.07, 6.45) is 2.80. The summed E-state index contributed by atoms with van der Waals surface area (Å²) in [6.45, 7) is 2.21. The molecule has 1 saturated carbocycles. The van der Waals surface area contributed by atoms with Crippen molar-refractivity contribution in [2.24, 2.45) is 0 Å². The highest BCUT2D eigenvalue weighted by Gasteiger charge is 2.23. The summed E-state index contributed by atoms with van der Waals surface area (Å²) >= 11 is 3.33. The van der Waals surface area contributed by atoms with Crippen LogP contribution in [-0.4, -0.2) is 31.4 Å². The fourth-order valence-electron chi connectivity index (χ4n) is 1.69. The molecule has 0 radical (unpaired) electrons. The predicted molar refractivity (Wildman–Crippen MR) is 77.4 cm³/mol. The van der Waals surface area contributed by atoms with Gasteiger partial charge in [-0.25, -0.2) is 0 Å². The zero-order chi connectivity index (χ0) is 14.5. The van der Waals surface area contributed by atoms with Crippen LogP contribution < -0.4 is 14.8 Å². The molecule has 2 rings (SSSR count). The van der Waals surface area contributed by atoms with Gasteiger partial charge in [0.1, 0.15) is 6.29 Å². The third kappa shape index (κ3) is 3.96. The second-order valence-electron chi connectivity index (χ2n) is 4.51. The highest BCUT2D eigenvalue weighted by molar-refractivity contribution is 9.10. The maximum Gasteiger partial charge on any atom is 0.258 e. The van der Waals surface area contributed by atoms with Crippen molar-refractivity contribution in [1.29, 1.82) is 0 Å². The van der Waals surface area contributed by atoms with E-state index in [1.165, 1.54) is 0 Å². The molecular formula is C14H16BrNO4. The van der Waals surface area contributed by atoms with Crippen LogP contribution in [0.3, 0.4) is 0 Å². The van der Waals surface area contributed by atoms with Crippen molar-refractivity contribution in [3.8, 4) is 11.5 Å². The number of carbonyl (C=O) groups excluding carboxylic acids is 2. The van der Waals surface area contributed by atoms with Gasteiger partial charge in [-0.15, -0.1) is 0 Å². The second-order valence-corrected chi connectivity index (χ2v) is 5.37. The number of rotatable bonds is 7. The molecule has 108 valence electrons. The zero-order valence-corrected chi connectivity index (χ0v) is 12.7. The molecule has 20 heavy (non-hydrogen) atoms. The number of ether oxygens (including phenoxy) is 2. The minimum atomic E-state index is -0.152. The van der Waals surface area contributed by atoms with Crippen LogP contribution in [0.15, 0.2) is 16.6 Å². The van der Waals surface area contributed by atoms with Crippen LogP contribution in [-0.2, 0) is 4.79 Å². The number of carbonyl (C=O) groups is 2. The first-order valence-corrected chi connectivity index (χ1v) is 7.27. The standard InChI is InChI=1S/C14H16BrNO4/c1-2-19-12-6-9(7-17)5-11(15)14(12)20-8-13(18)16-10-3-4-10/h5-7,10H,2-4,8H2,1H3,(H,16,18). The SMILES string of the molecule is CCOc1cc(C=O)cc(Br)c1OCC(=O)NC1CC1. The maximum atomic E-state index is 11.6. The van der Waals surface area contributed by atoms with Gasteiger partial charge < -0.3 is 14.8 Å². The van der Waals surface area contributed by atoms with Crippen molar-refractivity contribution >= 4 is 28.1 Å². The molecule has 0 atom stereocenters. The molecule has 0 saturated heterocycles. The zero-order valence-electron chi connectivity index (χ0n) is 11.1. The monoisotopic (exact) mass is 341 g/mol. The lowest BCUT2D eigenvalue weighted by molar-refractivity contribution is -0.123. The lowest BCUT2D eigenvalue weighted by Crippen LogP contribution is -2.30. The van der Waals surface area contributed by atoms with E-state index in [0.717, 1.165) is 19.1 Å². The van der Waals surface area contributed by atoms with E-state index < -0.39 is 0 Å². The van der Waals surface area contributed by atoms with Crippen LogP contribution >= 0.6 is 15.9 Å². The van der Waals surface area contributed by atoms with E-state index in [1.54, 1.807) is 12.1 Å². The van der Waals surface area contributed by atoms with Gasteiger partial charge in [0.2, 0.25) is 0 Å². The molecule has 0 spiro atoms. The van der Waals surface area contributed by atoms with E-state index in [-0.39, 0.29) is 12.5 Å². The number of hydrogen-bond acceptors (Lipinski definition) is 4. The third-order valence-corrected chi connectivity index (χ3v) is 3.35. The second kappa shape index (κ2) is 6.74. The fraction of sp³-hybridized carbons (Fsp3) is 0.429. The Balaban J connectivity index is 2.07. The molecular weight excluding hydrogens is 326 g/mol. The van der Waals surface area contributed by atoms with E-state index in [0.29, 0.717) is 34.2 Å². The Kier molecular flexibility index (Phi) is 5.00. The number of halogens is 1. The van der Waals surface area contributed by atoms with Crippen LogP contribution in [0, 0.1) is 0 Å². The summed E-state index contributed by atoms with van der Waals surface area (Å²) in [5.41, 5.74) is 0.482. The molecule has 1 fully saturated rings. The van der Waals surface area contributed by atoms with E-state index in [1.807, 2.05) is 6.92 Å². The molecule has 1 amide bonds. The van der Waals surface area contributed by atoms with Crippen molar-refractivity contribution < 1.29 is 19.1 Å². The van der Waals surface area contributed by atoms with Gasteiger partial charge in [-0.3, -0.25) is 9.59 Å². The van der Waals surface area contributed by atoms with Gasteiger partial charge in [0.25, 0.3) is 5.91 Å². The van der Waals surface area contributed by atoms with Gasteiger partial charge in [0.15, 0.2) is 18.1 Å². The number of aldehydes is 1. The van der Waals surface area contributed by atoms with Gasteiger partial charge in [0, 0.05) is 11.6 Å².